The minimum Gasteiger partial charge on any atom is -0.456 e. The molecule has 10 aromatic carbocycles. The molecule has 296 valence electrons. The summed E-state index contributed by atoms with van der Waals surface area (Å²) >= 11 is 0. The van der Waals surface area contributed by atoms with E-state index in [-0.39, 0.29) is 0 Å². The van der Waals surface area contributed by atoms with Crippen molar-refractivity contribution < 1.29 is 4.42 Å². The fourth-order valence-corrected chi connectivity index (χ4v) is 9.61. The van der Waals surface area contributed by atoms with E-state index in [2.05, 4.69) is 240 Å². The van der Waals surface area contributed by atoms with Crippen LogP contribution in [0.15, 0.2) is 247 Å². The summed E-state index contributed by atoms with van der Waals surface area (Å²) in [5, 5.41) is 4.65. The summed E-state index contributed by atoms with van der Waals surface area (Å²) in [7, 11) is 0. The highest BCUT2D eigenvalue weighted by molar-refractivity contribution is 6.14. The van der Waals surface area contributed by atoms with E-state index in [1.54, 1.807) is 0 Å². The molecular weight excluding hydrogens is 765 g/mol. The van der Waals surface area contributed by atoms with Gasteiger partial charge in [0.1, 0.15) is 11.2 Å². The summed E-state index contributed by atoms with van der Waals surface area (Å²) < 4.78 is 8.79. The van der Waals surface area contributed by atoms with Gasteiger partial charge in [-0.2, -0.15) is 0 Å². The van der Waals surface area contributed by atoms with Crippen LogP contribution >= 0.6 is 0 Å². The van der Waals surface area contributed by atoms with Gasteiger partial charge in [0, 0.05) is 49.7 Å². The number of rotatable bonds is 8. The molecule has 0 atom stereocenters. The van der Waals surface area contributed by atoms with Crippen molar-refractivity contribution in [2.45, 2.75) is 0 Å². The lowest BCUT2D eigenvalue weighted by Crippen LogP contribution is -2.12. The summed E-state index contributed by atoms with van der Waals surface area (Å²) in [6, 6.07) is 87.2. The Morgan fingerprint density at radius 2 is 0.873 bits per heavy atom. The third kappa shape index (κ3) is 6.21. The third-order valence-corrected chi connectivity index (χ3v) is 12.4. The van der Waals surface area contributed by atoms with E-state index in [4.69, 9.17) is 4.42 Å². The summed E-state index contributed by atoms with van der Waals surface area (Å²) in [6.45, 7) is 0. The van der Waals surface area contributed by atoms with Gasteiger partial charge < -0.3 is 13.9 Å². The number of nitrogens with zero attached hydrogens (tertiary/aromatic N) is 2. The van der Waals surface area contributed by atoms with Crippen LogP contribution in [0.3, 0.4) is 0 Å². The number of fused-ring (bicyclic) bond motifs is 6. The molecule has 0 amide bonds. The van der Waals surface area contributed by atoms with Crippen molar-refractivity contribution in [1.29, 1.82) is 0 Å². The van der Waals surface area contributed by atoms with Crippen LogP contribution in [0.1, 0.15) is 0 Å². The maximum atomic E-state index is 6.38. The number of furan rings is 1. The number of aromatic nitrogens is 1. The Balaban J connectivity index is 1.11. The van der Waals surface area contributed by atoms with Crippen LogP contribution in [0.2, 0.25) is 0 Å². The molecule has 3 heteroatoms. The molecule has 0 radical (unpaired) electrons. The second kappa shape index (κ2) is 15.3. The third-order valence-electron chi connectivity index (χ3n) is 12.4. The number of para-hydroxylation sites is 4. The van der Waals surface area contributed by atoms with E-state index in [0.29, 0.717) is 0 Å². The van der Waals surface area contributed by atoms with Gasteiger partial charge in [0.2, 0.25) is 0 Å². The molecule has 3 nitrogen and oxygen atoms in total. The van der Waals surface area contributed by atoms with Crippen molar-refractivity contribution in [3.05, 3.63) is 243 Å². The number of hydrogen-bond acceptors (Lipinski definition) is 2. The van der Waals surface area contributed by atoms with Crippen molar-refractivity contribution in [3.63, 3.8) is 0 Å². The maximum Gasteiger partial charge on any atom is 0.135 e. The highest BCUT2D eigenvalue weighted by atomic mass is 16.3. The largest absolute Gasteiger partial charge is 0.456 e. The van der Waals surface area contributed by atoms with Crippen LogP contribution in [0.25, 0.3) is 93.9 Å². The average molecular weight is 805 g/mol. The topological polar surface area (TPSA) is 21.3 Å². The molecule has 2 heterocycles. The molecule has 0 aliphatic carbocycles. The molecular formula is C60H40N2O. The highest BCUT2D eigenvalue weighted by Crippen LogP contribution is 2.49. The smallest absolute Gasteiger partial charge is 0.135 e. The van der Waals surface area contributed by atoms with E-state index >= 15 is 0 Å². The van der Waals surface area contributed by atoms with Gasteiger partial charge in [0.05, 0.1) is 16.7 Å². The van der Waals surface area contributed by atoms with Crippen molar-refractivity contribution in [2.24, 2.45) is 0 Å². The zero-order valence-electron chi connectivity index (χ0n) is 34.4. The molecule has 0 aliphatic heterocycles. The number of benzene rings is 10. The summed E-state index contributed by atoms with van der Waals surface area (Å²) in [5.74, 6) is 0. The normalized spacial score (nSPS) is 11.5. The van der Waals surface area contributed by atoms with Crippen molar-refractivity contribution in [3.8, 4) is 50.2 Å². The second-order valence-corrected chi connectivity index (χ2v) is 16.0. The van der Waals surface area contributed by atoms with Crippen LogP contribution in [0.4, 0.5) is 17.1 Å². The van der Waals surface area contributed by atoms with Gasteiger partial charge in [0.25, 0.3) is 0 Å². The zero-order valence-corrected chi connectivity index (χ0v) is 34.4. The first-order valence-electron chi connectivity index (χ1n) is 21.5. The Morgan fingerprint density at radius 1 is 0.333 bits per heavy atom. The first-order valence-corrected chi connectivity index (χ1v) is 21.5. The maximum absolute atomic E-state index is 6.38. The number of hydrogen-bond donors (Lipinski definition) is 0. The van der Waals surface area contributed by atoms with Crippen molar-refractivity contribution >= 4 is 60.8 Å². The van der Waals surface area contributed by atoms with E-state index in [0.717, 1.165) is 72.5 Å². The van der Waals surface area contributed by atoms with Gasteiger partial charge >= 0.3 is 0 Å². The van der Waals surface area contributed by atoms with Gasteiger partial charge in [-0.15, -0.1) is 0 Å². The number of anilines is 3. The predicted molar refractivity (Wildman–Crippen MR) is 264 cm³/mol. The molecule has 12 rings (SSSR count). The van der Waals surface area contributed by atoms with Gasteiger partial charge in [-0.3, -0.25) is 0 Å². The van der Waals surface area contributed by atoms with E-state index in [1.165, 1.54) is 38.5 Å². The fraction of sp³-hybridized carbons (Fsp3) is 0. The minimum atomic E-state index is 0.866. The van der Waals surface area contributed by atoms with Crippen LogP contribution < -0.4 is 4.90 Å². The summed E-state index contributed by atoms with van der Waals surface area (Å²) in [4.78, 5) is 2.43. The Kier molecular flexibility index (Phi) is 8.83. The van der Waals surface area contributed by atoms with Crippen molar-refractivity contribution in [1.82, 2.24) is 4.57 Å². The standard InChI is InChI=1S/C60H40N2O/c1-4-18-41(19-5-1)47-24-10-11-27-52(47)59-48(42-20-6-2-7-21-42)28-17-32-56(59)61(46-38-39-58-54(40-46)51-26-13-15-33-57(51)63-58)45-36-34-43(35-37-45)49-29-16-30-53-50-25-12-14-31-55(50)62(60(49)53)44-22-8-3-9-23-44/h1-40H. The lowest BCUT2D eigenvalue weighted by molar-refractivity contribution is 0.669. The molecule has 2 aromatic heterocycles. The lowest BCUT2D eigenvalue weighted by Gasteiger charge is -2.30. The SMILES string of the molecule is c1ccc(-c2ccccc2-c2c(-c3ccccc3)cccc2N(c2ccc(-c3cccc4c5ccccc5n(-c5ccccc5)c34)cc2)c2ccc3oc4ccccc4c3c2)cc1. The Morgan fingerprint density at radius 3 is 1.65 bits per heavy atom. The molecule has 0 saturated carbocycles. The molecule has 0 fully saturated rings. The molecule has 63 heavy (non-hydrogen) atoms. The van der Waals surface area contributed by atoms with Crippen molar-refractivity contribution in [2.75, 3.05) is 4.90 Å². The van der Waals surface area contributed by atoms with Crippen LogP contribution in [0, 0.1) is 0 Å². The van der Waals surface area contributed by atoms with E-state index < -0.39 is 0 Å². The Hall–Kier alpha value is -8.40. The first-order chi connectivity index (χ1) is 31.3. The molecule has 0 saturated heterocycles. The highest BCUT2D eigenvalue weighted by Gasteiger charge is 2.24. The molecule has 0 aliphatic rings. The average Bonchev–Trinajstić information content (AvgIpc) is 3.91. The van der Waals surface area contributed by atoms with Crippen LogP contribution in [0.5, 0.6) is 0 Å². The fourth-order valence-electron chi connectivity index (χ4n) is 9.61. The summed E-state index contributed by atoms with van der Waals surface area (Å²) in [6.07, 6.45) is 0. The van der Waals surface area contributed by atoms with Crippen LogP contribution in [-0.2, 0) is 0 Å². The van der Waals surface area contributed by atoms with Gasteiger partial charge in [-0.25, -0.2) is 0 Å². The zero-order chi connectivity index (χ0) is 41.7. The lowest BCUT2D eigenvalue weighted by atomic mass is 9.87. The monoisotopic (exact) mass is 804 g/mol. The Labute approximate surface area is 366 Å². The van der Waals surface area contributed by atoms with E-state index in [9.17, 15) is 0 Å². The molecule has 0 unspecified atom stereocenters. The second-order valence-electron chi connectivity index (χ2n) is 16.0. The quantitative estimate of drug-likeness (QED) is 0.153. The minimum absolute atomic E-state index is 0.866. The van der Waals surface area contributed by atoms with Gasteiger partial charge in [-0.05, 0) is 94.0 Å². The Bertz CT molecular complexity index is 3600. The van der Waals surface area contributed by atoms with Crippen LogP contribution in [-0.4, -0.2) is 4.57 Å². The van der Waals surface area contributed by atoms with E-state index in [1.807, 2.05) is 12.1 Å². The van der Waals surface area contributed by atoms with Gasteiger partial charge in [0.15, 0.2) is 0 Å². The molecule has 12 aromatic rings. The predicted octanol–water partition coefficient (Wildman–Crippen LogP) is 16.8. The first kappa shape index (κ1) is 36.5. The molecule has 0 spiro atoms. The molecule has 0 N–H and O–H groups in total. The molecule has 0 bridgehead atoms. The van der Waals surface area contributed by atoms with Gasteiger partial charge in [-0.1, -0.05) is 182 Å². The summed E-state index contributed by atoms with van der Waals surface area (Å²) in [5.41, 5.74) is 17.7.